The fourth-order valence-corrected chi connectivity index (χ4v) is 5.02. The fraction of sp³-hybridized carbons (Fsp3) is 0.370. The van der Waals surface area contributed by atoms with Crippen LogP contribution in [0, 0.1) is 5.41 Å². The molecular formula is C27H30ClN5O2. The standard InChI is InChI=1S/C27H30ClN5O2/c1-27(2)16-22-24(23(34)17-27)25(29-19-7-9-21(35-3)10-8-19)31-26(30-22)33-13-11-32(12-14-33)20-6-4-5-18(28)15-20/h4-10,15H,11-14,16-17H2,1-3H3,(H,29,30,31). The highest BCUT2D eigenvalue weighted by Crippen LogP contribution is 2.38. The van der Waals surface area contributed by atoms with Gasteiger partial charge in [0.1, 0.15) is 11.6 Å². The van der Waals surface area contributed by atoms with Crippen LogP contribution in [0.5, 0.6) is 5.75 Å². The third-order valence-corrected chi connectivity index (χ3v) is 6.86. The number of nitrogens with zero attached hydrogens (tertiary/aromatic N) is 4. The van der Waals surface area contributed by atoms with Crippen molar-refractivity contribution in [2.24, 2.45) is 5.41 Å². The number of methoxy groups -OCH3 is 1. The average molecular weight is 492 g/mol. The Balaban J connectivity index is 1.44. The summed E-state index contributed by atoms with van der Waals surface area (Å²) < 4.78 is 5.27. The minimum atomic E-state index is -0.127. The van der Waals surface area contributed by atoms with Gasteiger partial charge in [0.05, 0.1) is 18.4 Å². The van der Waals surface area contributed by atoms with Crippen LogP contribution < -0.4 is 19.9 Å². The largest absolute Gasteiger partial charge is 0.497 e. The Morgan fingerprint density at radius 1 is 0.971 bits per heavy atom. The van der Waals surface area contributed by atoms with Crippen LogP contribution in [0.25, 0.3) is 0 Å². The number of nitrogens with one attached hydrogen (secondary N) is 1. The molecule has 0 radical (unpaired) electrons. The number of fused-ring (bicyclic) bond motifs is 1. The van der Waals surface area contributed by atoms with Crippen LogP contribution in [0.15, 0.2) is 48.5 Å². The summed E-state index contributed by atoms with van der Waals surface area (Å²) in [6.07, 6.45) is 1.22. The number of ether oxygens (including phenoxy) is 1. The first-order valence-corrected chi connectivity index (χ1v) is 12.3. The van der Waals surface area contributed by atoms with E-state index >= 15 is 0 Å². The van der Waals surface area contributed by atoms with E-state index in [0.29, 0.717) is 23.8 Å². The van der Waals surface area contributed by atoms with E-state index in [0.717, 1.165) is 60.4 Å². The third kappa shape index (κ3) is 5.05. The molecule has 1 fully saturated rings. The maximum Gasteiger partial charge on any atom is 0.227 e. The lowest BCUT2D eigenvalue weighted by molar-refractivity contribution is 0.0911. The van der Waals surface area contributed by atoms with Gasteiger partial charge in [0.15, 0.2) is 5.78 Å². The van der Waals surface area contributed by atoms with Gasteiger partial charge in [0.2, 0.25) is 5.95 Å². The number of aromatic nitrogens is 2. The molecule has 35 heavy (non-hydrogen) atoms. The van der Waals surface area contributed by atoms with Crippen molar-refractivity contribution in [1.82, 2.24) is 9.97 Å². The monoisotopic (exact) mass is 491 g/mol. The number of hydrogen-bond donors (Lipinski definition) is 1. The van der Waals surface area contributed by atoms with Gasteiger partial charge in [-0.05, 0) is 54.3 Å². The van der Waals surface area contributed by atoms with Crippen LogP contribution in [-0.4, -0.2) is 49.0 Å². The molecule has 1 aliphatic heterocycles. The molecule has 5 rings (SSSR count). The lowest BCUT2D eigenvalue weighted by Crippen LogP contribution is -2.47. The van der Waals surface area contributed by atoms with Crippen LogP contribution in [0.1, 0.15) is 36.3 Å². The summed E-state index contributed by atoms with van der Waals surface area (Å²) in [4.78, 5) is 27.5. The van der Waals surface area contributed by atoms with E-state index in [9.17, 15) is 4.79 Å². The molecule has 1 saturated heterocycles. The average Bonchev–Trinajstić information content (AvgIpc) is 2.83. The molecule has 0 saturated carbocycles. The summed E-state index contributed by atoms with van der Waals surface area (Å²) in [5, 5.41) is 4.12. The first kappa shape index (κ1) is 23.4. The van der Waals surface area contributed by atoms with Gasteiger partial charge in [-0.2, -0.15) is 4.98 Å². The van der Waals surface area contributed by atoms with Gasteiger partial charge in [0.25, 0.3) is 0 Å². The van der Waals surface area contributed by atoms with Crippen molar-refractivity contribution in [3.8, 4) is 5.75 Å². The van der Waals surface area contributed by atoms with Gasteiger partial charge in [-0.25, -0.2) is 4.98 Å². The van der Waals surface area contributed by atoms with E-state index in [2.05, 4.69) is 35.0 Å². The molecule has 1 aliphatic carbocycles. The maximum atomic E-state index is 13.2. The van der Waals surface area contributed by atoms with Crippen LogP contribution in [0.3, 0.4) is 0 Å². The Bertz CT molecular complexity index is 1240. The van der Waals surface area contributed by atoms with E-state index in [1.807, 2.05) is 42.5 Å². The number of halogens is 1. The summed E-state index contributed by atoms with van der Waals surface area (Å²) in [6.45, 7) is 7.49. The predicted molar refractivity (Wildman–Crippen MR) is 141 cm³/mol. The van der Waals surface area contributed by atoms with E-state index in [-0.39, 0.29) is 11.2 Å². The van der Waals surface area contributed by atoms with E-state index in [1.165, 1.54) is 0 Å². The molecule has 1 N–H and O–H groups in total. The zero-order chi connectivity index (χ0) is 24.6. The summed E-state index contributed by atoms with van der Waals surface area (Å²) in [6, 6.07) is 15.6. The minimum absolute atomic E-state index is 0.0876. The van der Waals surface area contributed by atoms with Crippen LogP contribution in [0.2, 0.25) is 5.02 Å². The number of Topliss-reactive ketones (excluding diaryl/α,β-unsaturated/α-hetero) is 1. The summed E-state index contributed by atoms with van der Waals surface area (Å²) in [5.74, 6) is 2.10. The molecule has 0 atom stereocenters. The number of carbonyl (C=O) groups excluding carboxylic acids is 1. The molecular weight excluding hydrogens is 462 g/mol. The summed E-state index contributed by atoms with van der Waals surface area (Å²) in [5.41, 5.74) is 3.28. The van der Waals surface area contributed by atoms with Crippen molar-refractivity contribution in [1.29, 1.82) is 0 Å². The third-order valence-electron chi connectivity index (χ3n) is 6.62. The number of benzene rings is 2. The normalized spacial score (nSPS) is 17.2. The molecule has 3 aromatic rings. The second kappa shape index (κ2) is 9.38. The van der Waals surface area contributed by atoms with Gasteiger partial charge < -0.3 is 19.9 Å². The topological polar surface area (TPSA) is 70.6 Å². The van der Waals surface area contributed by atoms with E-state index in [1.54, 1.807) is 7.11 Å². The van der Waals surface area contributed by atoms with Crippen LogP contribution in [0.4, 0.5) is 23.1 Å². The smallest absolute Gasteiger partial charge is 0.227 e. The molecule has 0 amide bonds. The fourth-order valence-electron chi connectivity index (χ4n) is 4.83. The predicted octanol–water partition coefficient (Wildman–Crippen LogP) is 5.36. The molecule has 2 heterocycles. The van der Waals surface area contributed by atoms with Crippen molar-refractivity contribution in [2.75, 3.05) is 48.4 Å². The van der Waals surface area contributed by atoms with Gasteiger partial charge in [-0.1, -0.05) is 31.5 Å². The molecule has 0 bridgehead atoms. The number of anilines is 4. The number of rotatable bonds is 5. The van der Waals surface area contributed by atoms with Gasteiger partial charge in [-0.15, -0.1) is 0 Å². The molecule has 8 heteroatoms. The molecule has 1 aromatic heterocycles. The Morgan fingerprint density at radius 2 is 1.69 bits per heavy atom. The Morgan fingerprint density at radius 3 is 2.37 bits per heavy atom. The SMILES string of the molecule is COc1ccc(Nc2nc(N3CCN(c4cccc(Cl)c4)CC3)nc3c2C(=O)CC(C)(C)C3)cc1. The quantitative estimate of drug-likeness (QED) is 0.514. The highest BCUT2D eigenvalue weighted by molar-refractivity contribution is 6.30. The molecule has 0 unspecified atom stereocenters. The molecule has 0 spiro atoms. The molecule has 7 nitrogen and oxygen atoms in total. The Labute approximate surface area is 211 Å². The van der Waals surface area contributed by atoms with Gasteiger partial charge >= 0.3 is 0 Å². The van der Waals surface area contributed by atoms with Crippen molar-refractivity contribution in [3.05, 3.63) is 64.8 Å². The Hall–Kier alpha value is -3.32. The molecule has 2 aliphatic rings. The van der Waals surface area contributed by atoms with Crippen LogP contribution in [-0.2, 0) is 6.42 Å². The van der Waals surface area contributed by atoms with E-state index < -0.39 is 0 Å². The zero-order valence-corrected chi connectivity index (χ0v) is 21.1. The highest BCUT2D eigenvalue weighted by Gasteiger charge is 2.35. The first-order valence-electron chi connectivity index (χ1n) is 11.9. The second-order valence-electron chi connectivity index (χ2n) is 9.94. The zero-order valence-electron chi connectivity index (χ0n) is 20.3. The summed E-state index contributed by atoms with van der Waals surface area (Å²) >= 11 is 6.19. The Kier molecular flexibility index (Phi) is 6.28. The van der Waals surface area contributed by atoms with Crippen molar-refractivity contribution in [2.45, 2.75) is 26.7 Å². The summed E-state index contributed by atoms with van der Waals surface area (Å²) in [7, 11) is 1.64. The van der Waals surface area contributed by atoms with Gasteiger partial charge in [0, 0.05) is 49.0 Å². The number of hydrogen-bond acceptors (Lipinski definition) is 7. The van der Waals surface area contributed by atoms with Crippen molar-refractivity contribution >= 4 is 40.5 Å². The maximum absolute atomic E-state index is 13.2. The minimum Gasteiger partial charge on any atom is -0.497 e. The number of piperazine rings is 1. The van der Waals surface area contributed by atoms with E-state index in [4.69, 9.17) is 26.3 Å². The lowest BCUT2D eigenvalue weighted by Gasteiger charge is -2.37. The molecule has 2 aromatic carbocycles. The number of carbonyl (C=O) groups is 1. The molecule has 182 valence electrons. The first-order chi connectivity index (χ1) is 16.8. The second-order valence-corrected chi connectivity index (χ2v) is 10.4. The van der Waals surface area contributed by atoms with Crippen molar-refractivity contribution in [3.63, 3.8) is 0 Å². The number of ketones is 1. The van der Waals surface area contributed by atoms with Crippen molar-refractivity contribution < 1.29 is 9.53 Å². The highest BCUT2D eigenvalue weighted by atomic mass is 35.5. The van der Waals surface area contributed by atoms with Crippen LogP contribution >= 0.6 is 11.6 Å². The lowest BCUT2D eigenvalue weighted by atomic mass is 9.75. The van der Waals surface area contributed by atoms with Gasteiger partial charge in [-0.3, -0.25) is 4.79 Å².